The Morgan fingerprint density at radius 3 is 2.45 bits per heavy atom. The number of carbonyl (C=O) groups excluding carboxylic acids is 1. The number of hydrogen-bond acceptors (Lipinski definition) is 5. The highest BCUT2D eigenvalue weighted by atomic mass is 19.1. The molecule has 4 rings (SSSR count). The molecule has 0 N–H and O–H groups in total. The van der Waals surface area contributed by atoms with Crippen molar-refractivity contribution in [3.63, 3.8) is 0 Å². The van der Waals surface area contributed by atoms with Gasteiger partial charge in [0.25, 0.3) is 11.5 Å². The number of aryl methyl sites for hydroxylation is 1. The lowest BCUT2D eigenvalue weighted by molar-refractivity contribution is 0.0740. The third-order valence-electron chi connectivity index (χ3n) is 5.18. The Kier molecular flexibility index (Phi) is 4.92. The van der Waals surface area contributed by atoms with Crippen molar-refractivity contribution >= 4 is 22.4 Å². The summed E-state index contributed by atoms with van der Waals surface area (Å²) < 4.78 is 20.1. The highest BCUT2D eigenvalue weighted by molar-refractivity contribution is 6.04. The average molecular weight is 396 g/mol. The number of piperazine rings is 1. The lowest BCUT2D eigenvalue weighted by Gasteiger charge is -2.36. The zero-order chi connectivity index (χ0) is 20.5. The number of rotatable bonds is 3. The molecular formula is C21H21FN4O3. The van der Waals surface area contributed by atoms with Gasteiger partial charge in [-0.1, -0.05) is 18.2 Å². The van der Waals surface area contributed by atoms with Crippen molar-refractivity contribution in [2.24, 2.45) is 7.05 Å². The molecule has 0 spiro atoms. The van der Waals surface area contributed by atoms with Crippen LogP contribution in [0.3, 0.4) is 0 Å². The first-order valence-electron chi connectivity index (χ1n) is 9.33. The summed E-state index contributed by atoms with van der Waals surface area (Å²) in [6.07, 6.45) is 0. The van der Waals surface area contributed by atoms with Gasteiger partial charge in [-0.2, -0.15) is 5.10 Å². The molecule has 1 aliphatic rings. The molecule has 0 bridgehead atoms. The van der Waals surface area contributed by atoms with Crippen LogP contribution in [0.5, 0.6) is 5.75 Å². The van der Waals surface area contributed by atoms with Crippen LogP contribution in [0.25, 0.3) is 10.8 Å². The monoisotopic (exact) mass is 396 g/mol. The van der Waals surface area contributed by atoms with E-state index in [0.29, 0.717) is 42.7 Å². The summed E-state index contributed by atoms with van der Waals surface area (Å²) in [5, 5.41) is 5.25. The number of fused-ring (bicyclic) bond motifs is 1. The number of nitrogens with zero attached hydrogens (tertiary/aromatic N) is 4. The highest BCUT2D eigenvalue weighted by Crippen LogP contribution is 2.25. The number of anilines is 1. The molecule has 1 fully saturated rings. The van der Waals surface area contributed by atoms with Crippen molar-refractivity contribution in [1.29, 1.82) is 0 Å². The van der Waals surface area contributed by atoms with E-state index in [0.717, 1.165) is 5.69 Å². The van der Waals surface area contributed by atoms with Crippen LogP contribution >= 0.6 is 0 Å². The molecule has 150 valence electrons. The number of ether oxygens (including phenoxy) is 1. The second-order valence-corrected chi connectivity index (χ2v) is 6.95. The Bertz CT molecular complexity index is 1140. The van der Waals surface area contributed by atoms with E-state index in [1.165, 1.54) is 23.9 Å². The zero-order valence-corrected chi connectivity index (χ0v) is 16.3. The fourth-order valence-electron chi connectivity index (χ4n) is 3.62. The largest absolute Gasteiger partial charge is 0.497 e. The molecule has 1 saturated heterocycles. The predicted molar refractivity (Wildman–Crippen MR) is 108 cm³/mol. The Hall–Kier alpha value is -3.42. The predicted octanol–water partition coefficient (Wildman–Crippen LogP) is 2.04. The summed E-state index contributed by atoms with van der Waals surface area (Å²) in [6, 6.07) is 11.6. The van der Waals surface area contributed by atoms with Gasteiger partial charge in [0.1, 0.15) is 11.6 Å². The van der Waals surface area contributed by atoms with E-state index in [1.807, 2.05) is 4.90 Å². The first-order valence-corrected chi connectivity index (χ1v) is 9.33. The van der Waals surface area contributed by atoms with Gasteiger partial charge in [-0.3, -0.25) is 9.59 Å². The van der Waals surface area contributed by atoms with Crippen LogP contribution in [0.15, 0.2) is 47.3 Å². The Balaban J connectivity index is 1.56. The lowest BCUT2D eigenvalue weighted by atomic mass is 10.1. The summed E-state index contributed by atoms with van der Waals surface area (Å²) >= 11 is 0. The van der Waals surface area contributed by atoms with Gasteiger partial charge in [-0.05, 0) is 12.1 Å². The van der Waals surface area contributed by atoms with E-state index in [4.69, 9.17) is 4.74 Å². The maximum absolute atomic E-state index is 13.8. The van der Waals surface area contributed by atoms with Crippen molar-refractivity contribution in [2.45, 2.75) is 0 Å². The molecule has 0 unspecified atom stereocenters. The van der Waals surface area contributed by atoms with E-state index >= 15 is 0 Å². The van der Waals surface area contributed by atoms with Crippen LogP contribution < -0.4 is 15.2 Å². The van der Waals surface area contributed by atoms with Gasteiger partial charge in [0, 0.05) is 56.4 Å². The van der Waals surface area contributed by atoms with Gasteiger partial charge >= 0.3 is 0 Å². The third-order valence-corrected chi connectivity index (χ3v) is 5.18. The molecule has 1 aliphatic heterocycles. The average Bonchev–Trinajstić information content (AvgIpc) is 2.75. The summed E-state index contributed by atoms with van der Waals surface area (Å²) in [5.74, 6) is -0.119. The molecule has 29 heavy (non-hydrogen) atoms. The lowest BCUT2D eigenvalue weighted by Crippen LogP contribution is -2.49. The Labute approximate surface area is 166 Å². The van der Waals surface area contributed by atoms with Gasteiger partial charge in [0.2, 0.25) is 0 Å². The number of benzene rings is 2. The molecule has 8 heteroatoms. The van der Waals surface area contributed by atoms with Crippen molar-refractivity contribution in [3.8, 4) is 5.75 Å². The van der Waals surface area contributed by atoms with Gasteiger partial charge < -0.3 is 14.5 Å². The van der Waals surface area contributed by atoms with Gasteiger partial charge in [-0.15, -0.1) is 0 Å². The maximum atomic E-state index is 13.8. The molecule has 2 heterocycles. The fraction of sp³-hybridized carbons (Fsp3) is 0.286. The number of methoxy groups -OCH3 is 1. The van der Waals surface area contributed by atoms with E-state index in [-0.39, 0.29) is 23.0 Å². The molecule has 7 nitrogen and oxygen atoms in total. The maximum Gasteiger partial charge on any atom is 0.275 e. The molecule has 1 aromatic heterocycles. The minimum Gasteiger partial charge on any atom is -0.497 e. The van der Waals surface area contributed by atoms with E-state index in [9.17, 15) is 14.0 Å². The van der Waals surface area contributed by atoms with Crippen LogP contribution in [0.1, 0.15) is 10.5 Å². The van der Waals surface area contributed by atoms with Crippen LogP contribution in [0.4, 0.5) is 10.1 Å². The summed E-state index contributed by atoms with van der Waals surface area (Å²) in [4.78, 5) is 29.1. The second-order valence-electron chi connectivity index (χ2n) is 6.95. The van der Waals surface area contributed by atoms with Crippen LogP contribution in [0.2, 0.25) is 0 Å². The zero-order valence-electron chi connectivity index (χ0n) is 16.3. The number of aromatic nitrogens is 2. The molecular weight excluding hydrogens is 375 g/mol. The van der Waals surface area contributed by atoms with E-state index in [2.05, 4.69) is 5.10 Å². The van der Waals surface area contributed by atoms with Gasteiger partial charge in [0.15, 0.2) is 5.69 Å². The molecule has 0 aliphatic carbocycles. The van der Waals surface area contributed by atoms with Crippen molar-refractivity contribution in [3.05, 3.63) is 64.3 Å². The number of hydrogen-bond donors (Lipinski definition) is 0. The first-order chi connectivity index (χ1) is 14.0. The van der Waals surface area contributed by atoms with Gasteiger partial charge in [-0.25, -0.2) is 9.07 Å². The first kappa shape index (κ1) is 18.9. The Morgan fingerprint density at radius 1 is 1.07 bits per heavy atom. The summed E-state index contributed by atoms with van der Waals surface area (Å²) in [6.45, 7) is 2.05. The van der Waals surface area contributed by atoms with Gasteiger partial charge in [0.05, 0.1) is 12.5 Å². The van der Waals surface area contributed by atoms with Crippen LogP contribution in [-0.2, 0) is 7.05 Å². The molecule has 0 radical (unpaired) electrons. The molecule has 3 aromatic rings. The standard InChI is InChI=1S/C21H21FN4O3/c1-24-20(27)18-6-4-3-5-17(18)19(23-24)21(28)26-9-7-25(8-10-26)15-11-14(22)12-16(13-15)29-2/h3-6,11-13H,7-10H2,1-2H3. The van der Waals surface area contributed by atoms with Crippen molar-refractivity contribution in [2.75, 3.05) is 38.2 Å². The fourth-order valence-corrected chi connectivity index (χ4v) is 3.62. The molecule has 0 atom stereocenters. The molecule has 1 amide bonds. The van der Waals surface area contributed by atoms with Crippen LogP contribution in [-0.4, -0.2) is 53.9 Å². The topological polar surface area (TPSA) is 67.7 Å². The smallest absolute Gasteiger partial charge is 0.275 e. The number of halogens is 1. The normalized spacial score (nSPS) is 14.3. The van der Waals surface area contributed by atoms with Crippen molar-refractivity contribution in [1.82, 2.24) is 14.7 Å². The minimum absolute atomic E-state index is 0.215. The molecule has 2 aromatic carbocycles. The van der Waals surface area contributed by atoms with E-state index < -0.39 is 0 Å². The van der Waals surface area contributed by atoms with Crippen LogP contribution in [0, 0.1) is 5.82 Å². The van der Waals surface area contributed by atoms with Crippen molar-refractivity contribution < 1.29 is 13.9 Å². The second kappa shape index (κ2) is 7.54. The Morgan fingerprint density at radius 2 is 1.76 bits per heavy atom. The molecule has 0 saturated carbocycles. The minimum atomic E-state index is -0.362. The third kappa shape index (κ3) is 3.53. The SMILES string of the molecule is COc1cc(F)cc(N2CCN(C(=O)c3nn(C)c(=O)c4ccccc34)CC2)c1. The number of carbonyl (C=O) groups is 1. The van der Waals surface area contributed by atoms with E-state index in [1.54, 1.807) is 42.3 Å². The quantitative estimate of drug-likeness (QED) is 0.678. The summed E-state index contributed by atoms with van der Waals surface area (Å²) in [7, 11) is 3.04. The number of amides is 1. The highest BCUT2D eigenvalue weighted by Gasteiger charge is 2.26. The summed E-state index contributed by atoms with van der Waals surface area (Å²) in [5.41, 5.74) is 0.755.